The van der Waals surface area contributed by atoms with Gasteiger partial charge in [-0.15, -0.1) is 0 Å². The summed E-state index contributed by atoms with van der Waals surface area (Å²) in [6.45, 7) is 8.61. The number of phenolic OH excluding ortho intramolecular Hbond substituents is 1. The van der Waals surface area contributed by atoms with Crippen LogP contribution in [0.15, 0.2) is 42.5 Å². The van der Waals surface area contributed by atoms with Crippen LogP contribution >= 0.6 is 0 Å². The molecule has 0 fully saturated rings. The van der Waals surface area contributed by atoms with Crippen LogP contribution in [0.1, 0.15) is 43.0 Å². The Balaban J connectivity index is 2.67. The molecule has 0 aliphatic heterocycles. The molecule has 100 valence electrons. The molecule has 0 bridgehead atoms. The molecule has 0 amide bonds. The Kier molecular flexibility index (Phi) is 3.66. The van der Waals surface area contributed by atoms with E-state index in [-0.39, 0.29) is 5.41 Å². The van der Waals surface area contributed by atoms with Gasteiger partial charge in [0.25, 0.3) is 0 Å². The molecule has 0 unspecified atom stereocenters. The number of rotatable bonds is 3. The standard InChI is InChI=1S/C18H22O/c1-5-15-13(2)11-12-16(19)17(15)18(3,4)14-9-7-6-8-10-14/h6-12,19H,5H2,1-4H3. The van der Waals surface area contributed by atoms with Crippen molar-refractivity contribution in [1.29, 1.82) is 0 Å². The first-order valence-corrected chi connectivity index (χ1v) is 6.86. The zero-order chi connectivity index (χ0) is 14.0. The van der Waals surface area contributed by atoms with Crippen LogP contribution in [0.5, 0.6) is 5.75 Å². The van der Waals surface area contributed by atoms with Gasteiger partial charge in [-0.3, -0.25) is 0 Å². The van der Waals surface area contributed by atoms with Gasteiger partial charge in [-0.05, 0) is 36.1 Å². The Morgan fingerprint density at radius 1 is 1.00 bits per heavy atom. The average Bonchev–Trinajstić information content (AvgIpc) is 2.41. The molecule has 1 nitrogen and oxygen atoms in total. The van der Waals surface area contributed by atoms with Crippen LogP contribution in [0.25, 0.3) is 0 Å². The zero-order valence-electron chi connectivity index (χ0n) is 12.2. The number of aromatic hydroxyl groups is 1. The molecular weight excluding hydrogens is 232 g/mol. The first-order chi connectivity index (χ1) is 8.98. The largest absolute Gasteiger partial charge is 0.508 e. The number of hydrogen-bond acceptors (Lipinski definition) is 1. The zero-order valence-corrected chi connectivity index (χ0v) is 12.2. The molecule has 0 aromatic heterocycles. The summed E-state index contributed by atoms with van der Waals surface area (Å²) in [5.41, 5.74) is 4.60. The van der Waals surface area contributed by atoms with E-state index in [1.54, 1.807) is 0 Å². The van der Waals surface area contributed by atoms with E-state index in [1.807, 2.05) is 18.2 Å². The molecule has 2 aromatic carbocycles. The van der Waals surface area contributed by atoms with Crippen molar-refractivity contribution in [2.45, 2.75) is 39.5 Å². The van der Waals surface area contributed by atoms with E-state index in [9.17, 15) is 5.11 Å². The maximum atomic E-state index is 10.3. The molecular formula is C18H22O. The fraction of sp³-hybridized carbons (Fsp3) is 0.333. The van der Waals surface area contributed by atoms with Gasteiger partial charge >= 0.3 is 0 Å². The van der Waals surface area contributed by atoms with Crippen LogP contribution in [-0.2, 0) is 11.8 Å². The third kappa shape index (κ3) is 2.37. The normalized spacial score (nSPS) is 11.6. The lowest BCUT2D eigenvalue weighted by Crippen LogP contribution is -2.21. The molecule has 2 aromatic rings. The SMILES string of the molecule is CCc1c(C)ccc(O)c1C(C)(C)c1ccccc1. The summed E-state index contributed by atoms with van der Waals surface area (Å²) in [7, 11) is 0. The van der Waals surface area contributed by atoms with E-state index < -0.39 is 0 Å². The predicted molar refractivity (Wildman–Crippen MR) is 80.8 cm³/mol. The van der Waals surface area contributed by atoms with E-state index in [2.05, 4.69) is 52.0 Å². The van der Waals surface area contributed by atoms with Crippen molar-refractivity contribution in [2.75, 3.05) is 0 Å². The quantitative estimate of drug-likeness (QED) is 0.849. The first kappa shape index (κ1) is 13.7. The van der Waals surface area contributed by atoms with Crippen molar-refractivity contribution in [3.63, 3.8) is 0 Å². The molecule has 0 aliphatic rings. The van der Waals surface area contributed by atoms with Gasteiger partial charge in [-0.2, -0.15) is 0 Å². The topological polar surface area (TPSA) is 20.2 Å². The first-order valence-electron chi connectivity index (χ1n) is 6.86. The second-order valence-corrected chi connectivity index (χ2v) is 5.60. The lowest BCUT2D eigenvalue weighted by Gasteiger charge is -2.30. The fourth-order valence-corrected chi connectivity index (χ4v) is 2.89. The highest BCUT2D eigenvalue weighted by molar-refractivity contribution is 5.52. The Morgan fingerprint density at radius 3 is 2.21 bits per heavy atom. The fourth-order valence-electron chi connectivity index (χ4n) is 2.89. The number of phenols is 1. The molecule has 0 aliphatic carbocycles. The highest BCUT2D eigenvalue weighted by Crippen LogP contribution is 2.40. The van der Waals surface area contributed by atoms with Crippen molar-refractivity contribution in [1.82, 2.24) is 0 Å². The van der Waals surface area contributed by atoms with Crippen molar-refractivity contribution in [2.24, 2.45) is 0 Å². The minimum atomic E-state index is -0.192. The second kappa shape index (κ2) is 5.08. The van der Waals surface area contributed by atoms with Crippen LogP contribution in [0.4, 0.5) is 0 Å². The Labute approximate surface area is 115 Å². The smallest absolute Gasteiger partial charge is 0.119 e. The van der Waals surface area contributed by atoms with Crippen molar-refractivity contribution in [3.05, 3.63) is 64.7 Å². The minimum absolute atomic E-state index is 0.192. The summed E-state index contributed by atoms with van der Waals surface area (Å²) >= 11 is 0. The maximum Gasteiger partial charge on any atom is 0.119 e. The van der Waals surface area contributed by atoms with Gasteiger partial charge < -0.3 is 5.11 Å². The van der Waals surface area contributed by atoms with Gasteiger partial charge in [-0.25, -0.2) is 0 Å². The van der Waals surface area contributed by atoms with Gasteiger partial charge in [-0.1, -0.05) is 57.2 Å². The van der Waals surface area contributed by atoms with Crippen LogP contribution in [0.2, 0.25) is 0 Å². The molecule has 0 saturated heterocycles. The number of aryl methyl sites for hydroxylation is 1. The van der Waals surface area contributed by atoms with Crippen LogP contribution in [0, 0.1) is 6.92 Å². The highest BCUT2D eigenvalue weighted by atomic mass is 16.3. The lowest BCUT2D eigenvalue weighted by molar-refractivity contribution is 0.451. The van der Waals surface area contributed by atoms with Gasteiger partial charge in [0.2, 0.25) is 0 Å². The van der Waals surface area contributed by atoms with E-state index in [4.69, 9.17) is 0 Å². The molecule has 0 spiro atoms. The van der Waals surface area contributed by atoms with Crippen LogP contribution in [-0.4, -0.2) is 5.11 Å². The Hall–Kier alpha value is -1.76. The van der Waals surface area contributed by atoms with Crippen molar-refractivity contribution >= 4 is 0 Å². The minimum Gasteiger partial charge on any atom is -0.508 e. The lowest BCUT2D eigenvalue weighted by atomic mass is 9.74. The molecule has 0 atom stereocenters. The summed E-state index contributed by atoms with van der Waals surface area (Å²) in [5, 5.41) is 10.3. The van der Waals surface area contributed by atoms with Crippen LogP contribution < -0.4 is 0 Å². The molecule has 1 N–H and O–H groups in total. The summed E-state index contributed by atoms with van der Waals surface area (Å²) < 4.78 is 0. The Bertz CT molecular complexity index is 568. The molecule has 19 heavy (non-hydrogen) atoms. The summed E-state index contributed by atoms with van der Waals surface area (Å²) in [4.78, 5) is 0. The van der Waals surface area contributed by atoms with Crippen molar-refractivity contribution in [3.8, 4) is 5.75 Å². The van der Waals surface area contributed by atoms with E-state index in [0.29, 0.717) is 5.75 Å². The monoisotopic (exact) mass is 254 g/mol. The molecule has 0 saturated carbocycles. The van der Waals surface area contributed by atoms with Crippen LogP contribution in [0.3, 0.4) is 0 Å². The molecule has 0 radical (unpaired) electrons. The van der Waals surface area contributed by atoms with Crippen molar-refractivity contribution < 1.29 is 5.11 Å². The molecule has 0 heterocycles. The van der Waals surface area contributed by atoms with Gasteiger partial charge in [0.15, 0.2) is 0 Å². The molecule has 1 heteroatoms. The summed E-state index contributed by atoms with van der Waals surface area (Å²) in [5.74, 6) is 0.399. The second-order valence-electron chi connectivity index (χ2n) is 5.60. The van der Waals surface area contributed by atoms with Gasteiger partial charge in [0, 0.05) is 11.0 Å². The number of hydrogen-bond donors (Lipinski definition) is 1. The van der Waals surface area contributed by atoms with E-state index in [0.717, 1.165) is 12.0 Å². The predicted octanol–water partition coefficient (Wildman–Crippen LogP) is 4.59. The average molecular weight is 254 g/mol. The maximum absolute atomic E-state index is 10.3. The number of benzene rings is 2. The summed E-state index contributed by atoms with van der Waals surface area (Å²) in [6, 6.07) is 14.2. The van der Waals surface area contributed by atoms with E-state index >= 15 is 0 Å². The van der Waals surface area contributed by atoms with E-state index in [1.165, 1.54) is 16.7 Å². The summed E-state index contributed by atoms with van der Waals surface area (Å²) in [6.07, 6.45) is 0.936. The van der Waals surface area contributed by atoms with Gasteiger partial charge in [0.05, 0.1) is 0 Å². The van der Waals surface area contributed by atoms with Gasteiger partial charge in [0.1, 0.15) is 5.75 Å². The Morgan fingerprint density at radius 2 is 1.63 bits per heavy atom. The highest BCUT2D eigenvalue weighted by Gasteiger charge is 2.28. The molecule has 2 rings (SSSR count). The third-order valence-corrected chi connectivity index (χ3v) is 4.00. The third-order valence-electron chi connectivity index (χ3n) is 4.00.